The van der Waals surface area contributed by atoms with Crippen molar-refractivity contribution in [3.05, 3.63) is 16.1 Å². The molecule has 0 radical (unpaired) electrons. The summed E-state index contributed by atoms with van der Waals surface area (Å²) in [7, 11) is 0. The maximum absolute atomic E-state index is 11.2. The van der Waals surface area contributed by atoms with Gasteiger partial charge in [0.15, 0.2) is 0 Å². The van der Waals surface area contributed by atoms with Crippen molar-refractivity contribution in [2.45, 2.75) is 46.1 Å². The lowest BCUT2D eigenvalue weighted by Crippen LogP contribution is -2.22. The third-order valence-corrected chi connectivity index (χ3v) is 3.20. The number of hydrogen-bond acceptors (Lipinski definition) is 3. The number of carbonyl (C=O) groups is 1. The van der Waals surface area contributed by atoms with Gasteiger partial charge in [0.1, 0.15) is 0 Å². The lowest BCUT2D eigenvalue weighted by molar-refractivity contribution is -0.121. The maximum Gasteiger partial charge on any atom is 0.220 e. The molecule has 1 aromatic rings. The lowest BCUT2D eigenvalue weighted by atomic mass is 10.2. The van der Waals surface area contributed by atoms with E-state index >= 15 is 0 Å². The highest BCUT2D eigenvalue weighted by atomic mass is 32.1. The molecule has 15 heavy (non-hydrogen) atoms. The van der Waals surface area contributed by atoms with E-state index in [1.54, 1.807) is 11.3 Å². The van der Waals surface area contributed by atoms with E-state index in [2.05, 4.69) is 24.1 Å². The molecule has 0 aliphatic rings. The molecule has 0 saturated heterocycles. The van der Waals surface area contributed by atoms with E-state index in [1.165, 1.54) is 0 Å². The van der Waals surface area contributed by atoms with E-state index in [1.807, 2.05) is 12.3 Å². The molecule has 0 aliphatic carbocycles. The third-order valence-electron chi connectivity index (χ3n) is 2.01. The highest BCUT2D eigenvalue weighted by Crippen LogP contribution is 2.18. The second-order valence-electron chi connectivity index (χ2n) is 3.86. The van der Waals surface area contributed by atoms with Crippen LogP contribution in [-0.2, 0) is 11.3 Å². The van der Waals surface area contributed by atoms with E-state index in [0.717, 1.165) is 17.1 Å². The Bertz CT molecular complexity index is 320. The molecule has 0 spiro atoms. The number of amides is 1. The molecule has 0 aliphatic heterocycles. The first-order chi connectivity index (χ1) is 7.13. The average Bonchev–Trinajstić information content (AvgIpc) is 2.63. The summed E-state index contributed by atoms with van der Waals surface area (Å²) in [6, 6.07) is 0. The number of thiazole rings is 1. The number of nitrogens with zero attached hydrogens (tertiary/aromatic N) is 1. The van der Waals surface area contributed by atoms with Crippen LogP contribution < -0.4 is 5.32 Å². The Kier molecular flexibility index (Phi) is 4.75. The lowest BCUT2D eigenvalue weighted by Gasteiger charge is -2.01. The van der Waals surface area contributed by atoms with Gasteiger partial charge in [-0.25, -0.2) is 4.98 Å². The van der Waals surface area contributed by atoms with Crippen molar-refractivity contribution in [2.75, 3.05) is 0 Å². The molecule has 0 unspecified atom stereocenters. The van der Waals surface area contributed by atoms with E-state index in [4.69, 9.17) is 0 Å². The minimum absolute atomic E-state index is 0.108. The van der Waals surface area contributed by atoms with E-state index < -0.39 is 0 Å². The molecule has 0 fully saturated rings. The average molecular weight is 226 g/mol. The predicted octanol–water partition coefficient (Wildman–Crippen LogP) is 2.68. The van der Waals surface area contributed by atoms with Gasteiger partial charge in [-0.05, 0) is 6.42 Å². The summed E-state index contributed by atoms with van der Waals surface area (Å²) in [5.74, 6) is 0.576. The standard InChI is InChI=1S/C11H18N2OS/c1-4-5-10(14)12-6-9-7-15-11(13-9)8(2)3/h7-8H,4-6H2,1-3H3,(H,12,14). The normalized spacial score (nSPS) is 10.7. The van der Waals surface area contributed by atoms with Gasteiger partial charge in [-0.2, -0.15) is 0 Å². The molecule has 1 heterocycles. The molecular weight excluding hydrogens is 208 g/mol. The van der Waals surface area contributed by atoms with Crippen LogP contribution in [0.2, 0.25) is 0 Å². The maximum atomic E-state index is 11.2. The Hall–Kier alpha value is -0.900. The molecule has 0 aromatic carbocycles. The molecular formula is C11H18N2OS. The molecule has 84 valence electrons. The van der Waals surface area contributed by atoms with Gasteiger partial charge in [0, 0.05) is 17.7 Å². The fraction of sp³-hybridized carbons (Fsp3) is 0.636. The second-order valence-corrected chi connectivity index (χ2v) is 4.75. The zero-order chi connectivity index (χ0) is 11.3. The molecule has 3 nitrogen and oxygen atoms in total. The first-order valence-electron chi connectivity index (χ1n) is 5.34. The van der Waals surface area contributed by atoms with Crippen molar-refractivity contribution in [3.8, 4) is 0 Å². The first kappa shape index (κ1) is 12.2. The van der Waals surface area contributed by atoms with Crippen molar-refractivity contribution >= 4 is 17.2 Å². The van der Waals surface area contributed by atoms with Crippen LogP contribution in [0.25, 0.3) is 0 Å². The summed E-state index contributed by atoms with van der Waals surface area (Å²) in [4.78, 5) is 15.7. The number of rotatable bonds is 5. The minimum Gasteiger partial charge on any atom is -0.350 e. The molecule has 1 aromatic heterocycles. The molecule has 4 heteroatoms. The highest BCUT2D eigenvalue weighted by Gasteiger charge is 2.06. The smallest absolute Gasteiger partial charge is 0.220 e. The van der Waals surface area contributed by atoms with Crippen LogP contribution in [0.1, 0.15) is 50.2 Å². The van der Waals surface area contributed by atoms with Gasteiger partial charge in [-0.3, -0.25) is 4.79 Å². The highest BCUT2D eigenvalue weighted by molar-refractivity contribution is 7.09. The van der Waals surface area contributed by atoms with Gasteiger partial charge in [0.25, 0.3) is 0 Å². The van der Waals surface area contributed by atoms with Crippen molar-refractivity contribution in [3.63, 3.8) is 0 Å². The van der Waals surface area contributed by atoms with Crippen LogP contribution in [0.4, 0.5) is 0 Å². The summed E-state index contributed by atoms with van der Waals surface area (Å²) in [5.41, 5.74) is 0.966. The Morgan fingerprint density at radius 1 is 1.60 bits per heavy atom. The zero-order valence-corrected chi connectivity index (χ0v) is 10.4. The van der Waals surface area contributed by atoms with Crippen LogP contribution >= 0.6 is 11.3 Å². The van der Waals surface area contributed by atoms with Gasteiger partial charge in [-0.1, -0.05) is 20.8 Å². The molecule has 0 bridgehead atoms. The Labute approximate surface area is 94.9 Å². The Balaban J connectivity index is 2.41. The van der Waals surface area contributed by atoms with Gasteiger partial charge >= 0.3 is 0 Å². The zero-order valence-electron chi connectivity index (χ0n) is 9.54. The minimum atomic E-state index is 0.108. The summed E-state index contributed by atoms with van der Waals surface area (Å²) in [6.07, 6.45) is 1.49. The summed E-state index contributed by atoms with van der Waals surface area (Å²) in [6.45, 7) is 6.80. The molecule has 1 rings (SSSR count). The summed E-state index contributed by atoms with van der Waals surface area (Å²) in [5, 5.41) is 6.01. The van der Waals surface area contributed by atoms with Crippen LogP contribution in [0.3, 0.4) is 0 Å². The fourth-order valence-electron chi connectivity index (χ4n) is 1.17. The van der Waals surface area contributed by atoms with Gasteiger partial charge in [0.2, 0.25) is 5.91 Å². The molecule has 0 atom stereocenters. The second kappa shape index (κ2) is 5.85. The van der Waals surface area contributed by atoms with Crippen molar-refractivity contribution in [1.82, 2.24) is 10.3 Å². The molecule has 1 N–H and O–H groups in total. The van der Waals surface area contributed by atoms with Crippen LogP contribution in [0, 0.1) is 0 Å². The fourth-order valence-corrected chi connectivity index (χ4v) is 2.01. The third kappa shape index (κ3) is 4.00. The van der Waals surface area contributed by atoms with Crippen LogP contribution in [0.5, 0.6) is 0 Å². The van der Waals surface area contributed by atoms with Crippen LogP contribution in [-0.4, -0.2) is 10.9 Å². The summed E-state index contributed by atoms with van der Waals surface area (Å²) >= 11 is 1.66. The molecule has 0 saturated carbocycles. The molecule has 1 amide bonds. The largest absolute Gasteiger partial charge is 0.350 e. The van der Waals surface area contributed by atoms with E-state index in [0.29, 0.717) is 18.9 Å². The van der Waals surface area contributed by atoms with Gasteiger partial charge in [-0.15, -0.1) is 11.3 Å². The predicted molar refractivity (Wildman–Crippen MR) is 63.0 cm³/mol. The topological polar surface area (TPSA) is 42.0 Å². The summed E-state index contributed by atoms with van der Waals surface area (Å²) < 4.78 is 0. The number of nitrogens with one attached hydrogen (secondary N) is 1. The van der Waals surface area contributed by atoms with Crippen molar-refractivity contribution in [1.29, 1.82) is 0 Å². The Morgan fingerprint density at radius 3 is 2.87 bits per heavy atom. The van der Waals surface area contributed by atoms with E-state index in [9.17, 15) is 4.79 Å². The van der Waals surface area contributed by atoms with E-state index in [-0.39, 0.29) is 5.91 Å². The SMILES string of the molecule is CCCC(=O)NCc1csc(C(C)C)n1. The quantitative estimate of drug-likeness (QED) is 0.838. The van der Waals surface area contributed by atoms with Crippen molar-refractivity contribution in [2.24, 2.45) is 0 Å². The van der Waals surface area contributed by atoms with Gasteiger partial charge < -0.3 is 5.32 Å². The Morgan fingerprint density at radius 2 is 2.33 bits per heavy atom. The monoisotopic (exact) mass is 226 g/mol. The number of hydrogen-bond donors (Lipinski definition) is 1. The van der Waals surface area contributed by atoms with Crippen LogP contribution in [0.15, 0.2) is 5.38 Å². The van der Waals surface area contributed by atoms with Crippen molar-refractivity contribution < 1.29 is 4.79 Å². The first-order valence-corrected chi connectivity index (χ1v) is 6.22. The number of aromatic nitrogens is 1. The number of carbonyl (C=O) groups excluding carboxylic acids is 1. The van der Waals surface area contributed by atoms with Gasteiger partial charge in [0.05, 0.1) is 17.2 Å².